The average molecular weight is 288 g/mol. The number of H-pyrrole nitrogens is 4. The largest absolute Gasteiger partial charge is 0.360 e. The first kappa shape index (κ1) is 11.4. The van der Waals surface area contributed by atoms with Crippen molar-refractivity contribution in [2.45, 2.75) is 0 Å². The Balaban J connectivity index is 1.92. The Morgan fingerprint density at radius 3 is 1.64 bits per heavy atom. The lowest BCUT2D eigenvalue weighted by atomic mass is 10.2. The molecule has 4 N–H and O–H groups in total. The number of rotatable bonds is 0. The lowest BCUT2D eigenvalue weighted by Crippen LogP contribution is -1.99. The fourth-order valence-corrected chi connectivity index (χ4v) is 2.73. The normalized spacial score (nSPS) is 11.6. The molecule has 0 amide bonds. The molecular weight excluding hydrogens is 276 g/mol. The van der Waals surface area contributed by atoms with E-state index in [2.05, 4.69) is 19.9 Å². The second-order valence-electron chi connectivity index (χ2n) is 5.22. The van der Waals surface area contributed by atoms with Crippen molar-refractivity contribution in [1.82, 2.24) is 29.9 Å². The van der Waals surface area contributed by atoms with Crippen LogP contribution in [0.2, 0.25) is 0 Å². The zero-order valence-corrected chi connectivity index (χ0v) is 11.5. The molecule has 22 heavy (non-hydrogen) atoms. The minimum atomic E-state index is 0.767. The topological polar surface area (TPSA) is 88.9 Å². The highest BCUT2D eigenvalue weighted by molar-refractivity contribution is 5.87. The Bertz CT molecular complexity index is 919. The van der Waals surface area contributed by atoms with E-state index < -0.39 is 0 Å². The van der Waals surface area contributed by atoms with E-state index in [4.69, 9.17) is 9.97 Å². The monoisotopic (exact) mass is 288 g/mol. The van der Waals surface area contributed by atoms with Crippen LogP contribution in [0, 0.1) is 0 Å². The number of aromatic amines is 4. The fourth-order valence-electron chi connectivity index (χ4n) is 2.73. The quantitative estimate of drug-likeness (QED) is 0.329. The summed E-state index contributed by atoms with van der Waals surface area (Å²) in [7, 11) is 0. The van der Waals surface area contributed by atoms with Crippen LogP contribution in [0.5, 0.6) is 0 Å². The Hall–Kier alpha value is -3.28. The third-order valence-corrected chi connectivity index (χ3v) is 3.79. The van der Waals surface area contributed by atoms with Gasteiger partial charge in [-0.2, -0.15) is 0 Å². The molecule has 106 valence electrons. The van der Waals surface area contributed by atoms with E-state index in [0.29, 0.717) is 0 Å². The highest BCUT2D eigenvalue weighted by atomic mass is 15.0. The van der Waals surface area contributed by atoms with Gasteiger partial charge in [0.15, 0.2) is 11.3 Å². The third-order valence-electron chi connectivity index (χ3n) is 3.79. The van der Waals surface area contributed by atoms with E-state index in [0.717, 1.165) is 45.1 Å². The van der Waals surface area contributed by atoms with Crippen LogP contribution in [0.1, 0.15) is 0 Å². The molecule has 0 aromatic carbocycles. The summed E-state index contributed by atoms with van der Waals surface area (Å²) < 4.78 is 0. The molecule has 5 rings (SSSR count). The zero-order chi connectivity index (χ0) is 14.5. The summed E-state index contributed by atoms with van der Waals surface area (Å²) in [6, 6.07) is 11.9. The second kappa shape index (κ2) is 4.11. The SMILES string of the molecule is c1c[nH]c2cc3nc4[nH]c5ccc[nH]c-5cc4nc3[nH]c-2c1. The molecular formula is C16H12N6. The van der Waals surface area contributed by atoms with Gasteiger partial charge in [0.05, 0.1) is 22.8 Å². The maximum absolute atomic E-state index is 4.69. The summed E-state index contributed by atoms with van der Waals surface area (Å²) in [5, 5.41) is 0. The van der Waals surface area contributed by atoms with Crippen molar-refractivity contribution in [3.63, 3.8) is 0 Å². The molecule has 6 nitrogen and oxygen atoms in total. The van der Waals surface area contributed by atoms with Gasteiger partial charge in [0.25, 0.3) is 0 Å². The first-order chi connectivity index (χ1) is 10.9. The number of aromatic nitrogens is 6. The Morgan fingerprint density at radius 1 is 0.636 bits per heavy atom. The molecule has 0 spiro atoms. The van der Waals surface area contributed by atoms with Crippen molar-refractivity contribution in [1.29, 1.82) is 0 Å². The molecule has 0 atom stereocenters. The summed E-state index contributed by atoms with van der Waals surface area (Å²) in [6.07, 6.45) is 3.79. The zero-order valence-electron chi connectivity index (χ0n) is 11.5. The van der Waals surface area contributed by atoms with E-state index >= 15 is 0 Å². The van der Waals surface area contributed by atoms with Crippen molar-refractivity contribution < 1.29 is 0 Å². The van der Waals surface area contributed by atoms with Crippen LogP contribution in [0.25, 0.3) is 45.1 Å². The van der Waals surface area contributed by atoms with E-state index in [9.17, 15) is 0 Å². The van der Waals surface area contributed by atoms with Crippen LogP contribution in [0.4, 0.5) is 0 Å². The Labute approximate surface area is 124 Å². The van der Waals surface area contributed by atoms with Crippen LogP contribution < -0.4 is 0 Å². The van der Waals surface area contributed by atoms with Gasteiger partial charge in [-0.05, 0) is 36.4 Å². The standard InChI is InChI=1S/C16H12N6/c1-3-9-11(17-5-1)7-13-15(19-9)21-14-8-12-10(4-2-6-18-12)20-16(14)22-13/h1-8,17-18H,(H,19,21)(H,20,22). The maximum atomic E-state index is 4.69. The second-order valence-corrected chi connectivity index (χ2v) is 5.22. The fraction of sp³-hybridized carbons (Fsp3) is 0. The van der Waals surface area contributed by atoms with Crippen molar-refractivity contribution in [3.05, 3.63) is 48.8 Å². The van der Waals surface area contributed by atoms with Gasteiger partial charge in [0.1, 0.15) is 11.0 Å². The number of nitrogens with zero attached hydrogens (tertiary/aromatic N) is 2. The lowest BCUT2D eigenvalue weighted by Gasteiger charge is -2.10. The van der Waals surface area contributed by atoms with Gasteiger partial charge in [0, 0.05) is 12.4 Å². The number of nitrogens with one attached hydrogen (secondary N) is 4. The maximum Gasteiger partial charge on any atom is 0.157 e. The first-order valence-corrected chi connectivity index (χ1v) is 7.04. The minimum absolute atomic E-state index is 0.767. The molecule has 0 fully saturated rings. The predicted octanol–water partition coefficient (Wildman–Crippen LogP) is 3.43. The van der Waals surface area contributed by atoms with E-state index in [1.54, 1.807) is 0 Å². The average Bonchev–Trinajstić information content (AvgIpc) is 2.56. The van der Waals surface area contributed by atoms with Gasteiger partial charge >= 0.3 is 0 Å². The molecule has 4 aliphatic heterocycles. The lowest BCUT2D eigenvalue weighted by molar-refractivity contribution is 1.19. The van der Waals surface area contributed by atoms with E-state index in [1.807, 2.05) is 48.8 Å². The van der Waals surface area contributed by atoms with Gasteiger partial charge < -0.3 is 19.9 Å². The summed E-state index contributed by atoms with van der Waals surface area (Å²) in [5.74, 6) is 0. The number of fused-ring (bicyclic) bond motifs is 4. The van der Waals surface area contributed by atoms with Gasteiger partial charge in [-0.3, -0.25) is 0 Å². The molecule has 0 aliphatic carbocycles. The van der Waals surface area contributed by atoms with Crippen molar-refractivity contribution in [2.75, 3.05) is 0 Å². The van der Waals surface area contributed by atoms with Gasteiger partial charge in [-0.1, -0.05) is 0 Å². The minimum Gasteiger partial charge on any atom is -0.360 e. The number of hydrogen-bond donors (Lipinski definition) is 4. The molecule has 0 saturated heterocycles. The van der Waals surface area contributed by atoms with Gasteiger partial charge in [-0.15, -0.1) is 0 Å². The third kappa shape index (κ3) is 1.61. The summed E-state index contributed by atoms with van der Waals surface area (Å²) >= 11 is 0. The number of pyridine rings is 4. The molecule has 4 aliphatic rings. The Kier molecular flexibility index (Phi) is 2.13. The highest BCUT2D eigenvalue weighted by Gasteiger charge is 2.10. The van der Waals surface area contributed by atoms with Crippen LogP contribution in [-0.2, 0) is 0 Å². The molecule has 0 radical (unpaired) electrons. The molecule has 1 aromatic heterocycles. The smallest absolute Gasteiger partial charge is 0.157 e. The molecule has 0 bridgehead atoms. The summed E-state index contributed by atoms with van der Waals surface area (Å²) in [5.41, 5.74) is 7.16. The molecule has 6 heteroatoms. The van der Waals surface area contributed by atoms with Gasteiger partial charge in [-0.25, -0.2) is 9.97 Å². The summed E-state index contributed by atoms with van der Waals surface area (Å²) in [4.78, 5) is 22.4. The van der Waals surface area contributed by atoms with Crippen LogP contribution in [0.3, 0.4) is 0 Å². The van der Waals surface area contributed by atoms with E-state index in [1.165, 1.54) is 0 Å². The molecule has 5 heterocycles. The van der Waals surface area contributed by atoms with E-state index in [-0.39, 0.29) is 0 Å². The van der Waals surface area contributed by atoms with Crippen LogP contribution >= 0.6 is 0 Å². The predicted molar refractivity (Wildman–Crippen MR) is 85.3 cm³/mol. The number of hydrogen-bond acceptors (Lipinski definition) is 2. The highest BCUT2D eigenvalue weighted by Crippen LogP contribution is 2.24. The van der Waals surface area contributed by atoms with Crippen molar-refractivity contribution in [2.24, 2.45) is 0 Å². The summed E-state index contributed by atoms with van der Waals surface area (Å²) in [6.45, 7) is 0. The van der Waals surface area contributed by atoms with Gasteiger partial charge in [0.2, 0.25) is 0 Å². The molecule has 1 aromatic rings. The first-order valence-electron chi connectivity index (χ1n) is 7.04. The molecule has 0 saturated carbocycles. The van der Waals surface area contributed by atoms with Crippen LogP contribution in [-0.4, -0.2) is 29.9 Å². The Morgan fingerprint density at radius 2 is 1.14 bits per heavy atom. The van der Waals surface area contributed by atoms with Crippen molar-refractivity contribution >= 4 is 22.3 Å². The van der Waals surface area contributed by atoms with Crippen LogP contribution in [0.15, 0.2) is 48.8 Å². The van der Waals surface area contributed by atoms with Crippen molar-refractivity contribution in [3.8, 4) is 22.8 Å². The molecule has 0 unspecified atom stereocenters.